The van der Waals surface area contributed by atoms with E-state index in [1.165, 1.54) is 0 Å². The first-order valence-electron chi connectivity index (χ1n) is 6.74. The zero-order valence-corrected chi connectivity index (χ0v) is 11.7. The summed E-state index contributed by atoms with van der Waals surface area (Å²) in [7, 11) is 0. The van der Waals surface area contributed by atoms with Gasteiger partial charge >= 0.3 is 0 Å². The van der Waals surface area contributed by atoms with Crippen LogP contribution in [0.25, 0.3) is 10.9 Å². The molecular weight excluding hydrogens is 256 g/mol. The van der Waals surface area contributed by atoms with Crippen molar-refractivity contribution in [3.8, 4) is 5.88 Å². The summed E-state index contributed by atoms with van der Waals surface area (Å²) in [4.78, 5) is 4.41. The van der Waals surface area contributed by atoms with Gasteiger partial charge in [0.15, 0.2) is 0 Å². The fraction of sp³-hybridized carbons (Fsp3) is 0.400. The minimum Gasteiger partial charge on any atom is -0.475 e. The Morgan fingerprint density at radius 3 is 2.65 bits per heavy atom. The van der Waals surface area contributed by atoms with Crippen molar-refractivity contribution in [1.29, 1.82) is 0 Å². The second-order valence-electron chi connectivity index (χ2n) is 4.26. The average molecular weight is 276 g/mol. The molecule has 0 aliphatic carbocycles. The van der Waals surface area contributed by atoms with E-state index in [0.29, 0.717) is 38.9 Å². The van der Waals surface area contributed by atoms with Crippen LogP contribution in [0.15, 0.2) is 30.3 Å². The van der Waals surface area contributed by atoms with Crippen LogP contribution < -0.4 is 10.5 Å². The second-order valence-corrected chi connectivity index (χ2v) is 4.26. The van der Waals surface area contributed by atoms with E-state index >= 15 is 0 Å². The first-order valence-corrected chi connectivity index (χ1v) is 6.74. The standard InChI is InChI=1S/C15H20N2O3/c1-2-18-7-8-19-9-10-20-15-6-3-12-11-13(16)4-5-14(12)17-15/h3-6,11H,2,7-10,16H2,1H3. The molecular formula is C15H20N2O3. The number of rotatable bonds is 8. The predicted molar refractivity (Wildman–Crippen MR) is 79.0 cm³/mol. The third-order valence-corrected chi connectivity index (χ3v) is 2.74. The summed E-state index contributed by atoms with van der Waals surface area (Å²) in [5.41, 5.74) is 7.33. The van der Waals surface area contributed by atoms with E-state index in [1.54, 1.807) is 0 Å². The van der Waals surface area contributed by atoms with Crippen molar-refractivity contribution in [1.82, 2.24) is 4.98 Å². The maximum atomic E-state index is 5.72. The van der Waals surface area contributed by atoms with E-state index in [0.717, 1.165) is 16.6 Å². The lowest BCUT2D eigenvalue weighted by molar-refractivity contribution is 0.0399. The number of pyridine rings is 1. The number of anilines is 1. The summed E-state index contributed by atoms with van der Waals surface area (Å²) in [5, 5.41) is 1.00. The molecule has 0 amide bonds. The van der Waals surface area contributed by atoms with Crippen molar-refractivity contribution in [3.63, 3.8) is 0 Å². The van der Waals surface area contributed by atoms with Gasteiger partial charge in [-0.25, -0.2) is 4.98 Å². The summed E-state index contributed by atoms with van der Waals surface area (Å²) in [6.45, 7) is 4.87. The van der Waals surface area contributed by atoms with Gasteiger partial charge < -0.3 is 19.9 Å². The van der Waals surface area contributed by atoms with Crippen LogP contribution in [-0.4, -0.2) is 38.0 Å². The van der Waals surface area contributed by atoms with Gasteiger partial charge in [-0.2, -0.15) is 0 Å². The smallest absolute Gasteiger partial charge is 0.213 e. The first-order chi connectivity index (χ1) is 9.79. The zero-order valence-electron chi connectivity index (χ0n) is 11.7. The molecule has 108 valence electrons. The number of benzene rings is 1. The van der Waals surface area contributed by atoms with Crippen LogP contribution >= 0.6 is 0 Å². The Hall–Kier alpha value is -1.85. The Morgan fingerprint density at radius 1 is 1.00 bits per heavy atom. The second kappa shape index (κ2) is 7.67. The monoisotopic (exact) mass is 276 g/mol. The van der Waals surface area contributed by atoms with Gasteiger partial charge in [0, 0.05) is 23.7 Å². The molecule has 0 radical (unpaired) electrons. The van der Waals surface area contributed by atoms with Crippen molar-refractivity contribution in [2.45, 2.75) is 6.92 Å². The summed E-state index contributed by atoms with van der Waals surface area (Å²) in [6.07, 6.45) is 0. The fourth-order valence-electron chi connectivity index (χ4n) is 1.78. The molecule has 1 heterocycles. The molecule has 20 heavy (non-hydrogen) atoms. The summed E-state index contributed by atoms with van der Waals surface area (Å²) in [5.74, 6) is 0.593. The topological polar surface area (TPSA) is 66.6 Å². The molecule has 0 fully saturated rings. The molecule has 1 aromatic heterocycles. The van der Waals surface area contributed by atoms with Crippen molar-refractivity contribution in [3.05, 3.63) is 30.3 Å². The highest BCUT2D eigenvalue weighted by Gasteiger charge is 2.00. The van der Waals surface area contributed by atoms with Gasteiger partial charge in [-0.05, 0) is 31.2 Å². The fourth-order valence-corrected chi connectivity index (χ4v) is 1.78. The molecule has 0 aliphatic heterocycles. The molecule has 0 bridgehead atoms. The van der Waals surface area contributed by atoms with Crippen LogP contribution in [0.2, 0.25) is 0 Å². The zero-order chi connectivity index (χ0) is 14.2. The van der Waals surface area contributed by atoms with Crippen LogP contribution in [0, 0.1) is 0 Å². The Balaban J connectivity index is 1.77. The Morgan fingerprint density at radius 2 is 1.80 bits per heavy atom. The van der Waals surface area contributed by atoms with E-state index in [1.807, 2.05) is 37.3 Å². The molecule has 0 atom stereocenters. The largest absolute Gasteiger partial charge is 0.475 e. The number of aromatic nitrogens is 1. The molecule has 2 rings (SSSR count). The molecule has 0 aliphatic rings. The molecule has 0 unspecified atom stereocenters. The van der Waals surface area contributed by atoms with Gasteiger partial charge in [0.05, 0.1) is 25.3 Å². The number of hydrogen-bond acceptors (Lipinski definition) is 5. The maximum Gasteiger partial charge on any atom is 0.213 e. The lowest BCUT2D eigenvalue weighted by Gasteiger charge is -2.07. The maximum absolute atomic E-state index is 5.72. The van der Waals surface area contributed by atoms with E-state index in [4.69, 9.17) is 19.9 Å². The van der Waals surface area contributed by atoms with E-state index in [2.05, 4.69) is 4.98 Å². The quantitative estimate of drug-likeness (QED) is 0.591. The van der Waals surface area contributed by atoms with Crippen molar-refractivity contribution < 1.29 is 14.2 Å². The Bertz CT molecular complexity index is 546. The molecule has 0 saturated heterocycles. The average Bonchev–Trinajstić information content (AvgIpc) is 2.46. The summed E-state index contributed by atoms with van der Waals surface area (Å²) in [6, 6.07) is 9.39. The highest BCUT2D eigenvalue weighted by Crippen LogP contribution is 2.18. The number of hydrogen-bond donors (Lipinski definition) is 1. The number of nitrogens with zero attached hydrogens (tertiary/aromatic N) is 1. The van der Waals surface area contributed by atoms with Gasteiger partial charge in [-0.3, -0.25) is 0 Å². The number of ether oxygens (including phenoxy) is 3. The van der Waals surface area contributed by atoms with Crippen molar-refractivity contribution in [2.24, 2.45) is 0 Å². The van der Waals surface area contributed by atoms with Crippen LogP contribution in [0.3, 0.4) is 0 Å². The van der Waals surface area contributed by atoms with Gasteiger partial charge in [0.25, 0.3) is 0 Å². The van der Waals surface area contributed by atoms with Gasteiger partial charge in [0.1, 0.15) is 6.61 Å². The SMILES string of the molecule is CCOCCOCCOc1ccc2cc(N)ccc2n1. The van der Waals surface area contributed by atoms with E-state index in [9.17, 15) is 0 Å². The van der Waals surface area contributed by atoms with Gasteiger partial charge in [0.2, 0.25) is 5.88 Å². The first kappa shape index (κ1) is 14.6. The molecule has 1 aromatic carbocycles. The number of nitrogen functional groups attached to an aromatic ring is 1. The number of nitrogens with two attached hydrogens (primary N) is 1. The van der Waals surface area contributed by atoms with Crippen molar-refractivity contribution >= 4 is 16.6 Å². The molecule has 0 saturated carbocycles. The summed E-state index contributed by atoms with van der Waals surface area (Å²) < 4.78 is 16.1. The Labute approximate surface area is 118 Å². The van der Waals surface area contributed by atoms with Gasteiger partial charge in [-0.15, -0.1) is 0 Å². The highest BCUT2D eigenvalue weighted by atomic mass is 16.5. The third-order valence-electron chi connectivity index (χ3n) is 2.74. The number of fused-ring (bicyclic) bond motifs is 1. The Kier molecular flexibility index (Phi) is 5.58. The minimum atomic E-state index is 0.472. The van der Waals surface area contributed by atoms with E-state index in [-0.39, 0.29) is 0 Å². The molecule has 0 spiro atoms. The normalized spacial score (nSPS) is 10.8. The van der Waals surface area contributed by atoms with Gasteiger partial charge in [-0.1, -0.05) is 0 Å². The third kappa shape index (κ3) is 4.36. The lowest BCUT2D eigenvalue weighted by atomic mass is 10.2. The van der Waals surface area contributed by atoms with Crippen LogP contribution in [0.1, 0.15) is 6.92 Å². The highest BCUT2D eigenvalue weighted by molar-refractivity contribution is 5.82. The lowest BCUT2D eigenvalue weighted by Crippen LogP contribution is -2.11. The van der Waals surface area contributed by atoms with Crippen LogP contribution in [0.5, 0.6) is 5.88 Å². The predicted octanol–water partition coefficient (Wildman–Crippen LogP) is 2.25. The van der Waals surface area contributed by atoms with Crippen LogP contribution in [0.4, 0.5) is 5.69 Å². The van der Waals surface area contributed by atoms with Crippen molar-refractivity contribution in [2.75, 3.05) is 38.8 Å². The summed E-state index contributed by atoms with van der Waals surface area (Å²) >= 11 is 0. The molecule has 2 N–H and O–H groups in total. The molecule has 5 heteroatoms. The minimum absolute atomic E-state index is 0.472. The van der Waals surface area contributed by atoms with Crippen LogP contribution in [-0.2, 0) is 9.47 Å². The van der Waals surface area contributed by atoms with E-state index < -0.39 is 0 Å². The molecule has 5 nitrogen and oxygen atoms in total. The molecule has 2 aromatic rings.